The van der Waals surface area contributed by atoms with Gasteiger partial charge in [-0.05, 0) is 44.1 Å². The van der Waals surface area contributed by atoms with Crippen molar-refractivity contribution < 1.29 is 4.79 Å². The van der Waals surface area contributed by atoms with Crippen molar-refractivity contribution in [3.63, 3.8) is 0 Å². The molecule has 2 rings (SSSR count). The predicted molar refractivity (Wildman–Crippen MR) is 86.8 cm³/mol. The molecule has 0 heterocycles. The summed E-state index contributed by atoms with van der Waals surface area (Å²) in [4.78, 5) is 14.7. The van der Waals surface area contributed by atoms with E-state index >= 15 is 0 Å². The summed E-state index contributed by atoms with van der Waals surface area (Å²) in [7, 11) is 1.91. The van der Waals surface area contributed by atoms with Gasteiger partial charge in [0.15, 0.2) is 0 Å². The molecule has 0 saturated heterocycles. The highest BCUT2D eigenvalue weighted by Gasteiger charge is 2.36. The van der Waals surface area contributed by atoms with E-state index in [1.165, 1.54) is 19.3 Å². The summed E-state index contributed by atoms with van der Waals surface area (Å²) < 4.78 is 0. The molecule has 1 aromatic rings. The summed E-state index contributed by atoms with van der Waals surface area (Å²) in [5, 5.41) is 0. The SMILES string of the molecule is CCC1CCC(N(C)C(=O)C(C)(N)c2ccccc2)CC1. The van der Waals surface area contributed by atoms with Crippen LogP contribution in [0.3, 0.4) is 0 Å². The number of hydrogen-bond donors (Lipinski definition) is 1. The summed E-state index contributed by atoms with van der Waals surface area (Å²) in [5.74, 6) is 0.858. The molecule has 1 aliphatic rings. The van der Waals surface area contributed by atoms with Gasteiger partial charge in [0.2, 0.25) is 5.91 Å². The van der Waals surface area contributed by atoms with E-state index in [4.69, 9.17) is 5.73 Å². The second kappa shape index (κ2) is 6.61. The number of carbonyl (C=O) groups is 1. The Balaban J connectivity index is 2.05. The molecule has 2 N–H and O–H groups in total. The molecule has 1 aromatic carbocycles. The Morgan fingerprint density at radius 2 is 1.81 bits per heavy atom. The maximum absolute atomic E-state index is 12.8. The highest BCUT2D eigenvalue weighted by molar-refractivity contribution is 5.87. The Morgan fingerprint density at radius 1 is 1.24 bits per heavy atom. The third-order valence-electron chi connectivity index (χ3n) is 5.08. The summed E-state index contributed by atoms with van der Waals surface area (Å²) in [6.07, 6.45) is 5.91. The van der Waals surface area contributed by atoms with Gasteiger partial charge in [0.05, 0.1) is 0 Å². The second-order valence-electron chi connectivity index (χ2n) is 6.57. The van der Waals surface area contributed by atoms with E-state index in [0.717, 1.165) is 24.3 Å². The molecular formula is C18H28N2O. The van der Waals surface area contributed by atoms with Crippen molar-refractivity contribution in [2.24, 2.45) is 11.7 Å². The lowest BCUT2D eigenvalue weighted by molar-refractivity contribution is -0.138. The minimum Gasteiger partial charge on any atom is -0.341 e. The average molecular weight is 288 g/mol. The van der Waals surface area contributed by atoms with Crippen molar-refractivity contribution in [2.45, 2.75) is 57.5 Å². The molecule has 1 atom stereocenters. The molecule has 3 heteroatoms. The Hall–Kier alpha value is -1.35. The normalized spacial score (nSPS) is 25.1. The Kier molecular flexibility index (Phi) is 5.04. The number of rotatable bonds is 4. The number of nitrogens with two attached hydrogens (primary N) is 1. The summed E-state index contributed by atoms with van der Waals surface area (Å²) in [6.45, 7) is 4.07. The molecule has 1 fully saturated rings. The topological polar surface area (TPSA) is 46.3 Å². The zero-order valence-corrected chi connectivity index (χ0v) is 13.5. The standard InChI is InChI=1S/C18H28N2O/c1-4-14-10-12-16(13-11-14)20(3)17(21)18(2,19)15-8-6-5-7-9-15/h5-9,14,16H,4,10-13,19H2,1-3H3. The molecule has 0 aromatic heterocycles. The van der Waals surface area contributed by atoms with Gasteiger partial charge < -0.3 is 10.6 Å². The van der Waals surface area contributed by atoms with Crippen molar-refractivity contribution in [1.29, 1.82) is 0 Å². The van der Waals surface area contributed by atoms with Crippen LogP contribution in [0.25, 0.3) is 0 Å². The lowest BCUT2D eigenvalue weighted by Gasteiger charge is -2.38. The van der Waals surface area contributed by atoms with Crippen LogP contribution in [0.15, 0.2) is 30.3 Å². The lowest BCUT2D eigenvalue weighted by atomic mass is 9.83. The number of likely N-dealkylation sites (N-methyl/N-ethyl adjacent to an activating group) is 1. The van der Waals surface area contributed by atoms with Gasteiger partial charge in [-0.15, -0.1) is 0 Å². The van der Waals surface area contributed by atoms with Crippen LogP contribution in [0.1, 0.15) is 51.5 Å². The molecule has 1 aliphatic carbocycles. The molecule has 1 amide bonds. The fourth-order valence-corrected chi connectivity index (χ4v) is 3.38. The Morgan fingerprint density at radius 3 is 2.33 bits per heavy atom. The van der Waals surface area contributed by atoms with E-state index in [1.54, 1.807) is 0 Å². The molecule has 1 unspecified atom stereocenters. The van der Waals surface area contributed by atoms with Crippen molar-refractivity contribution in [1.82, 2.24) is 4.90 Å². The minimum atomic E-state index is -0.947. The van der Waals surface area contributed by atoms with Crippen LogP contribution in [0.4, 0.5) is 0 Å². The largest absolute Gasteiger partial charge is 0.341 e. The third kappa shape index (κ3) is 3.46. The highest BCUT2D eigenvalue weighted by Crippen LogP contribution is 2.30. The van der Waals surface area contributed by atoms with Crippen LogP contribution in [0, 0.1) is 5.92 Å². The van der Waals surface area contributed by atoms with Crippen LogP contribution >= 0.6 is 0 Å². The van der Waals surface area contributed by atoms with Crippen LogP contribution in [0.5, 0.6) is 0 Å². The zero-order valence-electron chi connectivity index (χ0n) is 13.5. The molecular weight excluding hydrogens is 260 g/mol. The zero-order chi connectivity index (χ0) is 15.5. The second-order valence-corrected chi connectivity index (χ2v) is 6.57. The van der Waals surface area contributed by atoms with E-state index < -0.39 is 5.54 Å². The van der Waals surface area contributed by atoms with Crippen molar-refractivity contribution in [2.75, 3.05) is 7.05 Å². The maximum atomic E-state index is 12.8. The van der Waals surface area contributed by atoms with Crippen LogP contribution in [-0.4, -0.2) is 23.9 Å². The average Bonchev–Trinajstić information content (AvgIpc) is 2.54. The minimum absolute atomic E-state index is 0.0219. The van der Waals surface area contributed by atoms with Crippen LogP contribution in [0.2, 0.25) is 0 Å². The molecule has 0 aliphatic heterocycles. The van der Waals surface area contributed by atoms with E-state index in [0.29, 0.717) is 6.04 Å². The summed E-state index contributed by atoms with van der Waals surface area (Å²) in [5.41, 5.74) is 6.28. The van der Waals surface area contributed by atoms with Gasteiger partial charge in [-0.25, -0.2) is 0 Å². The monoisotopic (exact) mass is 288 g/mol. The molecule has 3 nitrogen and oxygen atoms in total. The summed E-state index contributed by atoms with van der Waals surface area (Å²) >= 11 is 0. The fourth-order valence-electron chi connectivity index (χ4n) is 3.38. The van der Waals surface area contributed by atoms with Gasteiger partial charge >= 0.3 is 0 Å². The van der Waals surface area contributed by atoms with Crippen LogP contribution in [-0.2, 0) is 10.3 Å². The number of nitrogens with zero attached hydrogens (tertiary/aromatic N) is 1. The van der Waals surface area contributed by atoms with Gasteiger partial charge in [-0.3, -0.25) is 4.79 Å². The van der Waals surface area contributed by atoms with E-state index in [9.17, 15) is 4.79 Å². The smallest absolute Gasteiger partial charge is 0.246 e. The van der Waals surface area contributed by atoms with E-state index in [1.807, 2.05) is 49.2 Å². The first kappa shape index (κ1) is 16.0. The summed E-state index contributed by atoms with van der Waals surface area (Å²) in [6, 6.07) is 10.0. The number of benzene rings is 1. The number of hydrogen-bond acceptors (Lipinski definition) is 2. The van der Waals surface area contributed by atoms with Crippen molar-refractivity contribution in [3.8, 4) is 0 Å². The molecule has 0 bridgehead atoms. The van der Waals surface area contributed by atoms with E-state index in [2.05, 4.69) is 6.92 Å². The van der Waals surface area contributed by atoms with Gasteiger partial charge in [-0.2, -0.15) is 0 Å². The first-order valence-electron chi connectivity index (χ1n) is 8.08. The molecule has 116 valence electrons. The van der Waals surface area contributed by atoms with Gasteiger partial charge in [-0.1, -0.05) is 43.7 Å². The maximum Gasteiger partial charge on any atom is 0.246 e. The third-order valence-corrected chi connectivity index (χ3v) is 5.08. The first-order valence-corrected chi connectivity index (χ1v) is 8.08. The molecule has 1 saturated carbocycles. The predicted octanol–water partition coefficient (Wildman–Crippen LogP) is 3.29. The van der Waals surface area contributed by atoms with Crippen molar-refractivity contribution >= 4 is 5.91 Å². The highest BCUT2D eigenvalue weighted by atomic mass is 16.2. The lowest BCUT2D eigenvalue weighted by Crippen LogP contribution is -2.53. The molecule has 0 radical (unpaired) electrons. The first-order chi connectivity index (χ1) is 9.96. The van der Waals surface area contributed by atoms with Gasteiger partial charge in [0.1, 0.15) is 5.54 Å². The van der Waals surface area contributed by atoms with Crippen LogP contribution < -0.4 is 5.73 Å². The fraction of sp³-hybridized carbons (Fsp3) is 0.611. The molecule has 0 spiro atoms. The van der Waals surface area contributed by atoms with E-state index in [-0.39, 0.29) is 5.91 Å². The Bertz CT molecular complexity index is 461. The van der Waals surface area contributed by atoms with Crippen molar-refractivity contribution in [3.05, 3.63) is 35.9 Å². The molecule has 21 heavy (non-hydrogen) atoms. The number of amides is 1. The number of carbonyl (C=O) groups excluding carboxylic acids is 1. The quantitative estimate of drug-likeness (QED) is 0.924. The van der Waals surface area contributed by atoms with Gasteiger partial charge in [0, 0.05) is 13.1 Å². The Labute approximate surface area is 128 Å². The van der Waals surface area contributed by atoms with Gasteiger partial charge in [0.25, 0.3) is 0 Å².